The average molecular weight is 311 g/mol. The summed E-state index contributed by atoms with van der Waals surface area (Å²) in [5.74, 6) is -1.25. The van der Waals surface area contributed by atoms with Gasteiger partial charge in [-0.05, 0) is 17.7 Å². The lowest BCUT2D eigenvalue weighted by Crippen LogP contribution is -2.47. The van der Waals surface area contributed by atoms with E-state index in [2.05, 4.69) is 9.88 Å². The van der Waals surface area contributed by atoms with Crippen LogP contribution in [-0.2, 0) is 6.61 Å². The molecule has 7 heteroatoms. The first-order valence-electron chi connectivity index (χ1n) is 6.67. The van der Waals surface area contributed by atoms with Crippen molar-refractivity contribution in [3.8, 4) is 0 Å². The molecule has 1 aliphatic heterocycles. The van der Waals surface area contributed by atoms with Gasteiger partial charge in [-0.25, -0.2) is 13.8 Å². The molecule has 0 spiro atoms. The van der Waals surface area contributed by atoms with Crippen LogP contribution in [0.1, 0.15) is 5.56 Å². The molecule has 2 heterocycles. The molecule has 1 aliphatic rings. The molecule has 1 aromatic heterocycles. The molecular weight excluding hydrogens is 296 g/mol. The quantitative estimate of drug-likeness (QED) is 0.944. The van der Waals surface area contributed by atoms with E-state index in [0.29, 0.717) is 26.2 Å². The van der Waals surface area contributed by atoms with Crippen molar-refractivity contribution in [2.45, 2.75) is 6.61 Å². The molecule has 112 valence electrons. The van der Waals surface area contributed by atoms with Crippen LogP contribution < -0.4 is 9.80 Å². The van der Waals surface area contributed by atoms with E-state index >= 15 is 0 Å². The van der Waals surface area contributed by atoms with Gasteiger partial charge >= 0.3 is 0 Å². The number of benzene rings is 1. The highest BCUT2D eigenvalue weighted by Gasteiger charge is 2.23. The van der Waals surface area contributed by atoms with E-state index in [0.717, 1.165) is 5.13 Å². The summed E-state index contributed by atoms with van der Waals surface area (Å²) in [6.07, 6.45) is 1.75. The van der Waals surface area contributed by atoms with Gasteiger partial charge in [0.25, 0.3) is 0 Å². The minimum absolute atomic E-state index is 0.00834. The highest BCUT2D eigenvalue weighted by atomic mass is 32.1. The van der Waals surface area contributed by atoms with E-state index in [4.69, 9.17) is 5.11 Å². The van der Waals surface area contributed by atoms with Crippen molar-refractivity contribution in [3.63, 3.8) is 0 Å². The first-order valence-corrected chi connectivity index (χ1v) is 7.55. The van der Waals surface area contributed by atoms with E-state index in [1.807, 2.05) is 5.38 Å². The largest absolute Gasteiger partial charge is 0.392 e. The zero-order chi connectivity index (χ0) is 14.8. The lowest BCUT2D eigenvalue weighted by atomic mass is 10.1. The van der Waals surface area contributed by atoms with Gasteiger partial charge in [-0.3, -0.25) is 0 Å². The fraction of sp³-hybridized carbons (Fsp3) is 0.357. The number of anilines is 2. The molecule has 0 radical (unpaired) electrons. The summed E-state index contributed by atoms with van der Waals surface area (Å²) in [5.41, 5.74) is 0.237. The topological polar surface area (TPSA) is 39.6 Å². The fourth-order valence-electron chi connectivity index (χ4n) is 2.50. The molecule has 1 saturated heterocycles. The zero-order valence-corrected chi connectivity index (χ0v) is 12.1. The number of rotatable bonds is 3. The molecule has 0 saturated carbocycles. The molecule has 0 atom stereocenters. The van der Waals surface area contributed by atoms with E-state index in [1.54, 1.807) is 22.4 Å². The van der Waals surface area contributed by atoms with Crippen LogP contribution in [-0.4, -0.2) is 36.3 Å². The van der Waals surface area contributed by atoms with E-state index < -0.39 is 11.6 Å². The molecule has 4 nitrogen and oxygen atoms in total. The van der Waals surface area contributed by atoms with Crippen LogP contribution in [0.3, 0.4) is 0 Å². The minimum Gasteiger partial charge on any atom is -0.392 e. The number of nitrogens with zero attached hydrogens (tertiary/aromatic N) is 3. The number of piperazine rings is 1. The third-order valence-corrected chi connectivity index (χ3v) is 4.38. The Bertz CT molecular complexity index is 590. The maximum absolute atomic E-state index is 14.0. The molecule has 1 aromatic carbocycles. The average Bonchev–Trinajstić information content (AvgIpc) is 3.01. The second kappa shape index (κ2) is 5.95. The SMILES string of the molecule is OCc1cc(F)c(N2CCN(c3nccs3)CC2)c(F)c1. The van der Waals surface area contributed by atoms with Crippen molar-refractivity contribution in [3.05, 3.63) is 40.9 Å². The number of aliphatic hydroxyl groups is 1. The van der Waals surface area contributed by atoms with Gasteiger partial charge in [0.2, 0.25) is 0 Å². The Kier molecular flexibility index (Phi) is 4.03. The Hall–Kier alpha value is -1.73. The number of hydrogen-bond donors (Lipinski definition) is 1. The third kappa shape index (κ3) is 2.84. The van der Waals surface area contributed by atoms with Gasteiger partial charge in [0, 0.05) is 37.8 Å². The Morgan fingerprint density at radius 3 is 2.24 bits per heavy atom. The Balaban J connectivity index is 1.75. The van der Waals surface area contributed by atoms with E-state index in [1.165, 1.54) is 12.1 Å². The van der Waals surface area contributed by atoms with E-state index in [-0.39, 0.29) is 17.9 Å². The maximum atomic E-state index is 14.0. The Morgan fingerprint density at radius 1 is 1.10 bits per heavy atom. The first kappa shape index (κ1) is 14.2. The summed E-state index contributed by atoms with van der Waals surface area (Å²) in [4.78, 5) is 8.06. The highest BCUT2D eigenvalue weighted by molar-refractivity contribution is 7.13. The molecule has 0 amide bonds. The number of aromatic nitrogens is 1. The zero-order valence-electron chi connectivity index (χ0n) is 11.3. The minimum atomic E-state index is -0.623. The molecular formula is C14H15F2N3OS. The molecule has 0 unspecified atom stereocenters. The lowest BCUT2D eigenvalue weighted by molar-refractivity contribution is 0.280. The summed E-state index contributed by atoms with van der Waals surface area (Å²) < 4.78 is 28.1. The molecule has 2 aromatic rings. The molecule has 21 heavy (non-hydrogen) atoms. The summed E-state index contributed by atoms with van der Waals surface area (Å²) in [6, 6.07) is 2.37. The van der Waals surface area contributed by atoms with E-state index in [9.17, 15) is 8.78 Å². The van der Waals surface area contributed by atoms with Gasteiger partial charge in [-0.15, -0.1) is 11.3 Å². The predicted octanol–water partition coefficient (Wildman–Crippen LogP) is 2.24. The molecule has 3 rings (SSSR count). The van der Waals surface area contributed by atoms with Crippen LogP contribution in [0.15, 0.2) is 23.7 Å². The monoisotopic (exact) mass is 311 g/mol. The summed E-state index contributed by atoms with van der Waals surface area (Å²) in [7, 11) is 0. The van der Waals surface area contributed by atoms with Crippen molar-refractivity contribution in [2.24, 2.45) is 0 Å². The van der Waals surface area contributed by atoms with Crippen molar-refractivity contribution < 1.29 is 13.9 Å². The highest BCUT2D eigenvalue weighted by Crippen LogP contribution is 2.27. The van der Waals surface area contributed by atoms with Gasteiger partial charge < -0.3 is 14.9 Å². The van der Waals surface area contributed by atoms with Crippen LogP contribution in [0.4, 0.5) is 19.6 Å². The summed E-state index contributed by atoms with van der Waals surface area (Å²) in [5, 5.41) is 11.8. The van der Waals surface area contributed by atoms with Crippen LogP contribution in [0.25, 0.3) is 0 Å². The summed E-state index contributed by atoms with van der Waals surface area (Å²) in [6.45, 7) is 2.05. The van der Waals surface area contributed by atoms with Crippen LogP contribution in [0.2, 0.25) is 0 Å². The van der Waals surface area contributed by atoms with Crippen molar-refractivity contribution in [2.75, 3.05) is 36.0 Å². The Labute approximate surface area is 125 Å². The standard InChI is InChI=1S/C14H15F2N3OS/c15-11-7-10(9-20)8-12(16)13(11)18-2-4-19(5-3-18)14-17-1-6-21-14/h1,6-8,20H,2-5,9H2. The third-order valence-electron chi connectivity index (χ3n) is 3.54. The van der Waals surface area contributed by atoms with Gasteiger partial charge in [0.1, 0.15) is 17.3 Å². The van der Waals surface area contributed by atoms with Crippen LogP contribution in [0, 0.1) is 11.6 Å². The van der Waals surface area contributed by atoms with Crippen LogP contribution in [0.5, 0.6) is 0 Å². The number of hydrogen-bond acceptors (Lipinski definition) is 5. The van der Waals surface area contributed by atoms with Crippen molar-refractivity contribution in [1.29, 1.82) is 0 Å². The van der Waals surface area contributed by atoms with Gasteiger partial charge in [0.15, 0.2) is 5.13 Å². The first-order chi connectivity index (χ1) is 10.2. The Morgan fingerprint density at radius 2 is 1.71 bits per heavy atom. The second-order valence-corrected chi connectivity index (χ2v) is 5.73. The van der Waals surface area contributed by atoms with Gasteiger partial charge in [-0.2, -0.15) is 0 Å². The smallest absolute Gasteiger partial charge is 0.185 e. The molecule has 1 N–H and O–H groups in total. The molecule has 0 aliphatic carbocycles. The lowest BCUT2D eigenvalue weighted by Gasteiger charge is -2.36. The van der Waals surface area contributed by atoms with Gasteiger partial charge in [-0.1, -0.05) is 0 Å². The summed E-state index contributed by atoms with van der Waals surface area (Å²) >= 11 is 1.56. The number of thiazole rings is 1. The van der Waals surface area contributed by atoms with Crippen LogP contribution >= 0.6 is 11.3 Å². The normalized spacial score (nSPS) is 15.6. The van der Waals surface area contributed by atoms with Crippen molar-refractivity contribution >= 4 is 22.2 Å². The number of aliphatic hydroxyl groups excluding tert-OH is 1. The molecule has 1 fully saturated rings. The second-order valence-electron chi connectivity index (χ2n) is 4.85. The predicted molar refractivity (Wildman–Crippen MR) is 78.8 cm³/mol. The van der Waals surface area contributed by atoms with Gasteiger partial charge in [0.05, 0.1) is 6.61 Å². The maximum Gasteiger partial charge on any atom is 0.185 e. The fourth-order valence-corrected chi connectivity index (χ4v) is 3.20. The number of halogens is 2. The van der Waals surface area contributed by atoms with Crippen molar-refractivity contribution in [1.82, 2.24) is 4.98 Å². The molecule has 0 bridgehead atoms.